The van der Waals surface area contributed by atoms with E-state index in [0.717, 1.165) is 30.6 Å². The molecular formula is C25H28N2O6S. The van der Waals surface area contributed by atoms with Crippen LogP contribution in [-0.4, -0.2) is 43.0 Å². The average Bonchev–Trinajstić information content (AvgIpc) is 3.19. The van der Waals surface area contributed by atoms with Gasteiger partial charge in [0.2, 0.25) is 10.0 Å². The number of benzene rings is 2. The SMILES string of the molecule is CC1(C)Oc2ccccc2[C@H]2OCC3(CCN(S(=O)(=O)c4ccc5oc(=O)[nH]c5c4)CC3)C[C@@H]21. The minimum atomic E-state index is -3.68. The third kappa shape index (κ3) is 3.40. The number of nitrogens with one attached hydrogen (secondary N) is 1. The van der Waals surface area contributed by atoms with Gasteiger partial charge in [-0.15, -0.1) is 0 Å². The van der Waals surface area contributed by atoms with E-state index in [1.54, 1.807) is 4.31 Å². The van der Waals surface area contributed by atoms with Crippen LogP contribution in [0, 0.1) is 11.3 Å². The number of piperidine rings is 1. The summed E-state index contributed by atoms with van der Waals surface area (Å²) in [6.45, 7) is 5.73. The quantitative estimate of drug-likeness (QED) is 0.593. The molecule has 9 heteroatoms. The number of rotatable bonds is 2. The first kappa shape index (κ1) is 21.9. The summed E-state index contributed by atoms with van der Waals surface area (Å²) in [5.74, 6) is 0.485. The molecule has 180 valence electrons. The Morgan fingerprint density at radius 2 is 1.85 bits per heavy atom. The highest BCUT2D eigenvalue weighted by molar-refractivity contribution is 7.89. The van der Waals surface area contributed by atoms with Crippen molar-refractivity contribution in [2.45, 2.75) is 49.7 Å². The summed E-state index contributed by atoms with van der Waals surface area (Å²) in [5.41, 5.74) is 1.39. The zero-order chi connectivity index (χ0) is 23.7. The second kappa shape index (κ2) is 7.44. The van der Waals surface area contributed by atoms with E-state index >= 15 is 0 Å². The maximum absolute atomic E-state index is 13.3. The number of para-hydroxylation sites is 1. The maximum Gasteiger partial charge on any atom is 0.417 e. The van der Waals surface area contributed by atoms with Gasteiger partial charge in [0, 0.05) is 24.6 Å². The first-order valence-electron chi connectivity index (χ1n) is 11.7. The number of oxazole rings is 1. The van der Waals surface area contributed by atoms with Gasteiger partial charge in [0.05, 0.1) is 23.1 Å². The van der Waals surface area contributed by atoms with Gasteiger partial charge in [-0.3, -0.25) is 4.98 Å². The molecule has 8 nitrogen and oxygen atoms in total. The number of aromatic nitrogens is 1. The molecule has 4 heterocycles. The van der Waals surface area contributed by atoms with Crippen LogP contribution in [0.15, 0.2) is 56.6 Å². The maximum atomic E-state index is 13.3. The molecule has 0 amide bonds. The Bertz CT molecular complexity index is 1410. The molecule has 1 aromatic heterocycles. The monoisotopic (exact) mass is 484 g/mol. The van der Waals surface area contributed by atoms with E-state index in [1.807, 2.05) is 18.2 Å². The molecule has 6 rings (SSSR count). The van der Waals surface area contributed by atoms with E-state index in [9.17, 15) is 13.2 Å². The van der Waals surface area contributed by atoms with Crippen molar-refractivity contribution < 1.29 is 22.3 Å². The average molecular weight is 485 g/mol. The zero-order valence-corrected chi connectivity index (χ0v) is 20.1. The first-order chi connectivity index (χ1) is 16.2. The second-order valence-corrected chi connectivity index (χ2v) is 12.3. The molecule has 3 aliphatic rings. The smallest absolute Gasteiger partial charge is 0.417 e. The topological polar surface area (TPSA) is 102 Å². The van der Waals surface area contributed by atoms with Crippen molar-refractivity contribution in [2.24, 2.45) is 11.3 Å². The summed E-state index contributed by atoms with van der Waals surface area (Å²) >= 11 is 0. The number of hydrogen-bond acceptors (Lipinski definition) is 6. The molecule has 34 heavy (non-hydrogen) atoms. The molecule has 0 aliphatic carbocycles. The Morgan fingerprint density at radius 1 is 1.09 bits per heavy atom. The van der Waals surface area contributed by atoms with Crippen molar-refractivity contribution in [2.75, 3.05) is 19.7 Å². The van der Waals surface area contributed by atoms with Gasteiger partial charge in [0.1, 0.15) is 11.4 Å². The van der Waals surface area contributed by atoms with E-state index in [4.69, 9.17) is 13.9 Å². The van der Waals surface area contributed by atoms with E-state index in [2.05, 4.69) is 24.9 Å². The number of nitrogens with zero attached hydrogens (tertiary/aromatic N) is 1. The molecule has 0 bridgehead atoms. The normalized spacial score (nSPS) is 26.1. The largest absolute Gasteiger partial charge is 0.487 e. The number of ether oxygens (including phenoxy) is 2. The van der Waals surface area contributed by atoms with Crippen LogP contribution >= 0.6 is 0 Å². The molecule has 0 saturated carbocycles. The third-order valence-electron chi connectivity index (χ3n) is 7.89. The lowest BCUT2D eigenvalue weighted by Crippen LogP contribution is -2.54. The molecule has 3 aliphatic heterocycles. The van der Waals surface area contributed by atoms with Crippen LogP contribution in [0.3, 0.4) is 0 Å². The lowest BCUT2D eigenvalue weighted by molar-refractivity contribution is -0.172. The van der Waals surface area contributed by atoms with Gasteiger partial charge < -0.3 is 13.9 Å². The van der Waals surface area contributed by atoms with E-state index in [1.165, 1.54) is 18.2 Å². The fourth-order valence-electron chi connectivity index (χ4n) is 5.89. The van der Waals surface area contributed by atoms with Crippen molar-refractivity contribution in [3.8, 4) is 5.75 Å². The molecule has 2 atom stereocenters. The fraction of sp³-hybridized carbons (Fsp3) is 0.480. The first-order valence-corrected chi connectivity index (χ1v) is 13.1. The highest BCUT2D eigenvalue weighted by atomic mass is 32.2. The third-order valence-corrected chi connectivity index (χ3v) is 9.78. The van der Waals surface area contributed by atoms with Crippen molar-refractivity contribution >= 4 is 21.1 Å². The predicted octanol–water partition coefficient (Wildman–Crippen LogP) is 3.84. The number of fused-ring (bicyclic) bond motifs is 4. The second-order valence-electron chi connectivity index (χ2n) is 10.4. The van der Waals surface area contributed by atoms with Gasteiger partial charge in [-0.1, -0.05) is 18.2 Å². The Kier molecular flexibility index (Phi) is 4.79. The zero-order valence-electron chi connectivity index (χ0n) is 19.2. The molecular weight excluding hydrogens is 456 g/mol. The Hall–Kier alpha value is -2.62. The van der Waals surface area contributed by atoms with Crippen molar-refractivity contribution in [3.63, 3.8) is 0 Å². The Balaban J connectivity index is 1.21. The highest BCUT2D eigenvalue weighted by Gasteiger charge is 2.53. The van der Waals surface area contributed by atoms with Crippen LogP contribution in [0.4, 0.5) is 0 Å². The summed E-state index contributed by atoms with van der Waals surface area (Å²) < 4.78 is 46.1. The minimum Gasteiger partial charge on any atom is -0.487 e. The Labute approximate surface area is 197 Å². The lowest BCUT2D eigenvalue weighted by atomic mass is 9.64. The molecule has 0 unspecified atom stereocenters. The standard InChI is InChI=1S/C25H28N2O6S/c1-24(2)18-14-25(15-31-22(18)17-5-3-4-6-20(17)33-24)9-11-27(12-10-25)34(29,30)16-7-8-21-19(13-16)26-23(28)32-21/h3-8,13,18,22H,9-12,14-15H2,1-2H3,(H,26,28)/t18-,22+/m0/s1. The number of hydrogen-bond donors (Lipinski definition) is 1. The summed E-state index contributed by atoms with van der Waals surface area (Å²) in [5, 5.41) is 0. The van der Waals surface area contributed by atoms with E-state index in [-0.39, 0.29) is 27.9 Å². The predicted molar refractivity (Wildman–Crippen MR) is 125 cm³/mol. The molecule has 0 radical (unpaired) electrons. The molecule has 3 aromatic rings. The molecule has 2 aromatic carbocycles. The molecule has 2 fully saturated rings. The van der Waals surface area contributed by atoms with Crippen LogP contribution in [0.1, 0.15) is 44.8 Å². The number of sulfonamides is 1. The van der Waals surface area contributed by atoms with E-state index in [0.29, 0.717) is 30.8 Å². The van der Waals surface area contributed by atoms with Gasteiger partial charge >= 0.3 is 5.76 Å². The van der Waals surface area contributed by atoms with Gasteiger partial charge in [0.15, 0.2) is 5.58 Å². The summed E-state index contributed by atoms with van der Waals surface area (Å²) in [4.78, 5) is 14.1. The van der Waals surface area contributed by atoms with Gasteiger partial charge in [-0.2, -0.15) is 4.31 Å². The Morgan fingerprint density at radius 3 is 2.65 bits per heavy atom. The van der Waals surface area contributed by atoms with Crippen LogP contribution < -0.4 is 10.5 Å². The summed E-state index contributed by atoms with van der Waals surface area (Å²) in [6.07, 6.45) is 2.40. The molecule has 1 spiro atoms. The van der Waals surface area contributed by atoms with E-state index < -0.39 is 15.8 Å². The molecule has 1 N–H and O–H groups in total. The van der Waals surface area contributed by atoms with Crippen molar-refractivity contribution in [1.82, 2.24) is 9.29 Å². The van der Waals surface area contributed by atoms with Gasteiger partial charge in [-0.25, -0.2) is 13.2 Å². The van der Waals surface area contributed by atoms with Crippen LogP contribution in [-0.2, 0) is 14.8 Å². The highest BCUT2D eigenvalue weighted by Crippen LogP contribution is 2.55. The number of H-pyrrole nitrogens is 1. The van der Waals surface area contributed by atoms with Gasteiger partial charge in [-0.05, 0) is 62.8 Å². The lowest BCUT2D eigenvalue weighted by Gasteiger charge is -2.54. The van der Waals surface area contributed by atoms with Crippen molar-refractivity contribution in [3.05, 3.63) is 58.6 Å². The van der Waals surface area contributed by atoms with Crippen LogP contribution in [0.25, 0.3) is 11.1 Å². The number of aromatic amines is 1. The fourth-order valence-corrected chi connectivity index (χ4v) is 7.36. The molecule has 2 saturated heterocycles. The minimum absolute atomic E-state index is 0.00354. The van der Waals surface area contributed by atoms with Crippen LogP contribution in [0.2, 0.25) is 0 Å². The summed E-state index contributed by atoms with van der Waals surface area (Å²) in [6, 6.07) is 12.6. The van der Waals surface area contributed by atoms with Crippen molar-refractivity contribution in [1.29, 1.82) is 0 Å². The summed E-state index contributed by atoms with van der Waals surface area (Å²) in [7, 11) is -3.68. The van der Waals surface area contributed by atoms with Crippen LogP contribution in [0.5, 0.6) is 5.75 Å². The van der Waals surface area contributed by atoms with Gasteiger partial charge in [0.25, 0.3) is 0 Å².